The van der Waals surface area contributed by atoms with E-state index in [-0.39, 0.29) is 11.6 Å². The Morgan fingerprint density at radius 1 is 1.07 bits per heavy atom. The van der Waals surface area contributed by atoms with Crippen LogP contribution in [0.25, 0.3) is 5.69 Å². The molecule has 0 saturated heterocycles. The van der Waals surface area contributed by atoms with Gasteiger partial charge in [-0.2, -0.15) is 13.9 Å². The number of alkyl halides is 2. The number of carbonyl (C=O) groups is 1. The van der Waals surface area contributed by atoms with E-state index in [2.05, 4.69) is 15.4 Å². The lowest BCUT2D eigenvalue weighted by Gasteiger charge is -2.15. The SMILES string of the molecule is C[C@H](NC(=O)c1ccc(S(=O)(=O)C(F)F)cc1)c1ccc(-n2cncn2)cc1. The Kier molecular flexibility index (Phi) is 5.50. The highest BCUT2D eigenvalue weighted by atomic mass is 32.2. The van der Waals surface area contributed by atoms with Crippen LogP contribution in [0.4, 0.5) is 8.78 Å². The first kappa shape index (κ1) is 19.6. The van der Waals surface area contributed by atoms with Crippen molar-refractivity contribution in [3.8, 4) is 5.69 Å². The van der Waals surface area contributed by atoms with Crippen LogP contribution in [0.5, 0.6) is 0 Å². The van der Waals surface area contributed by atoms with Crippen molar-refractivity contribution in [1.29, 1.82) is 0 Å². The number of hydrogen-bond donors (Lipinski definition) is 1. The molecule has 3 rings (SSSR count). The van der Waals surface area contributed by atoms with Gasteiger partial charge in [-0.3, -0.25) is 4.79 Å². The molecule has 1 amide bonds. The summed E-state index contributed by atoms with van der Waals surface area (Å²) in [5, 5.41) is 6.81. The van der Waals surface area contributed by atoms with Gasteiger partial charge in [0.25, 0.3) is 5.91 Å². The van der Waals surface area contributed by atoms with Gasteiger partial charge < -0.3 is 5.32 Å². The maximum Gasteiger partial charge on any atom is 0.341 e. The van der Waals surface area contributed by atoms with Gasteiger partial charge in [0, 0.05) is 5.56 Å². The summed E-state index contributed by atoms with van der Waals surface area (Å²) < 4.78 is 49.6. The first-order chi connectivity index (χ1) is 13.3. The maximum absolute atomic E-state index is 12.6. The van der Waals surface area contributed by atoms with Crippen molar-refractivity contribution in [1.82, 2.24) is 20.1 Å². The number of nitrogens with zero attached hydrogens (tertiary/aromatic N) is 3. The third kappa shape index (κ3) is 4.06. The molecule has 7 nitrogen and oxygen atoms in total. The van der Waals surface area contributed by atoms with Crippen molar-refractivity contribution < 1.29 is 22.0 Å². The van der Waals surface area contributed by atoms with Gasteiger partial charge in [-0.1, -0.05) is 12.1 Å². The molecule has 0 spiro atoms. The van der Waals surface area contributed by atoms with E-state index < -0.39 is 26.4 Å². The van der Waals surface area contributed by atoms with E-state index in [1.807, 2.05) is 24.3 Å². The fraction of sp³-hybridized carbons (Fsp3) is 0.167. The van der Waals surface area contributed by atoms with Crippen LogP contribution in [0.2, 0.25) is 0 Å². The minimum Gasteiger partial charge on any atom is -0.346 e. The molecule has 0 radical (unpaired) electrons. The third-order valence-corrected chi connectivity index (χ3v) is 5.50. The zero-order valence-electron chi connectivity index (χ0n) is 14.7. The van der Waals surface area contributed by atoms with Crippen molar-refractivity contribution in [3.05, 3.63) is 72.3 Å². The second kappa shape index (κ2) is 7.85. The second-order valence-corrected chi connectivity index (χ2v) is 7.87. The fourth-order valence-corrected chi connectivity index (χ4v) is 3.24. The number of rotatable bonds is 6. The van der Waals surface area contributed by atoms with Gasteiger partial charge in [-0.05, 0) is 48.9 Å². The zero-order valence-corrected chi connectivity index (χ0v) is 15.5. The number of carbonyl (C=O) groups excluding carboxylic acids is 1. The average Bonchev–Trinajstić information content (AvgIpc) is 3.23. The second-order valence-electron chi connectivity index (χ2n) is 5.96. The van der Waals surface area contributed by atoms with Crippen molar-refractivity contribution in [2.75, 3.05) is 0 Å². The molecule has 2 aromatic carbocycles. The van der Waals surface area contributed by atoms with Crippen LogP contribution in [0.1, 0.15) is 28.9 Å². The molecule has 0 aliphatic rings. The number of benzene rings is 2. The van der Waals surface area contributed by atoms with Gasteiger partial charge in [-0.15, -0.1) is 0 Å². The highest BCUT2D eigenvalue weighted by molar-refractivity contribution is 7.91. The summed E-state index contributed by atoms with van der Waals surface area (Å²) in [6.07, 6.45) is 2.99. The molecule has 1 N–H and O–H groups in total. The number of hydrogen-bond acceptors (Lipinski definition) is 5. The molecule has 0 saturated carbocycles. The Labute approximate surface area is 160 Å². The molecular formula is C18H16F2N4O3S. The van der Waals surface area contributed by atoms with Crippen LogP contribution in [-0.4, -0.2) is 34.8 Å². The molecule has 0 aliphatic carbocycles. The normalized spacial score (nSPS) is 12.7. The van der Waals surface area contributed by atoms with Gasteiger partial charge in [0.15, 0.2) is 0 Å². The quantitative estimate of drug-likeness (QED) is 0.679. The molecule has 0 unspecified atom stereocenters. The number of sulfone groups is 1. The molecule has 28 heavy (non-hydrogen) atoms. The van der Waals surface area contributed by atoms with Crippen LogP contribution in [0.15, 0.2) is 66.1 Å². The van der Waals surface area contributed by atoms with Crippen molar-refractivity contribution in [2.24, 2.45) is 0 Å². The van der Waals surface area contributed by atoms with Gasteiger partial charge in [-0.25, -0.2) is 18.1 Å². The number of aromatic nitrogens is 3. The minimum absolute atomic E-state index is 0.166. The summed E-state index contributed by atoms with van der Waals surface area (Å²) in [6, 6.07) is 11.4. The Balaban J connectivity index is 1.69. The number of amides is 1. The predicted molar refractivity (Wildman–Crippen MR) is 96.9 cm³/mol. The monoisotopic (exact) mass is 406 g/mol. The van der Waals surface area contributed by atoms with Gasteiger partial charge in [0.2, 0.25) is 9.84 Å². The molecule has 1 heterocycles. The van der Waals surface area contributed by atoms with E-state index >= 15 is 0 Å². The Morgan fingerprint density at radius 2 is 1.71 bits per heavy atom. The molecular weight excluding hydrogens is 390 g/mol. The molecule has 0 bridgehead atoms. The van der Waals surface area contributed by atoms with Crippen molar-refractivity contribution >= 4 is 15.7 Å². The molecule has 1 aromatic heterocycles. The first-order valence-electron chi connectivity index (χ1n) is 8.17. The molecule has 3 aromatic rings. The summed E-state index contributed by atoms with van der Waals surface area (Å²) in [7, 11) is -4.68. The summed E-state index contributed by atoms with van der Waals surface area (Å²) in [4.78, 5) is 15.7. The lowest BCUT2D eigenvalue weighted by Crippen LogP contribution is -2.26. The van der Waals surface area contributed by atoms with Crippen molar-refractivity contribution in [3.63, 3.8) is 0 Å². The fourth-order valence-electron chi connectivity index (χ4n) is 2.52. The highest BCUT2D eigenvalue weighted by Crippen LogP contribution is 2.20. The van der Waals surface area contributed by atoms with Crippen LogP contribution >= 0.6 is 0 Å². The summed E-state index contributed by atoms with van der Waals surface area (Å²) >= 11 is 0. The zero-order chi connectivity index (χ0) is 20.3. The van der Waals surface area contributed by atoms with E-state index in [4.69, 9.17) is 0 Å². The highest BCUT2D eigenvalue weighted by Gasteiger charge is 2.26. The van der Waals surface area contributed by atoms with E-state index in [1.165, 1.54) is 18.5 Å². The maximum atomic E-state index is 12.6. The van der Waals surface area contributed by atoms with Crippen LogP contribution in [0.3, 0.4) is 0 Å². The molecule has 146 valence electrons. The van der Waals surface area contributed by atoms with Gasteiger partial charge in [0.1, 0.15) is 12.7 Å². The Hall–Kier alpha value is -3.14. The average molecular weight is 406 g/mol. The predicted octanol–water partition coefficient (Wildman–Crippen LogP) is 2.75. The standard InChI is InChI=1S/C18H16F2N4O3S/c1-12(13-2-6-15(7-3-13)24-11-21-10-22-24)23-17(25)14-4-8-16(9-5-14)28(26,27)18(19)20/h2-12,18H,1H3,(H,23,25)/t12-/m0/s1. The molecule has 0 aliphatic heterocycles. The number of halogens is 2. The molecule has 10 heteroatoms. The van der Waals surface area contributed by atoms with E-state index in [0.29, 0.717) is 0 Å². The largest absolute Gasteiger partial charge is 0.346 e. The minimum atomic E-state index is -4.68. The molecule has 0 fully saturated rings. The van der Waals surface area contributed by atoms with E-state index in [0.717, 1.165) is 23.4 Å². The van der Waals surface area contributed by atoms with Crippen LogP contribution in [-0.2, 0) is 9.84 Å². The topological polar surface area (TPSA) is 94.0 Å². The van der Waals surface area contributed by atoms with Crippen LogP contribution < -0.4 is 5.32 Å². The summed E-state index contributed by atoms with van der Waals surface area (Å²) in [5.74, 6) is -3.96. The summed E-state index contributed by atoms with van der Waals surface area (Å²) in [6.45, 7) is 1.79. The molecule has 1 atom stereocenters. The van der Waals surface area contributed by atoms with Gasteiger partial charge in [0.05, 0.1) is 16.6 Å². The first-order valence-corrected chi connectivity index (χ1v) is 9.71. The lowest BCUT2D eigenvalue weighted by molar-refractivity contribution is 0.0940. The Bertz CT molecular complexity index is 1050. The Morgan fingerprint density at radius 3 is 2.25 bits per heavy atom. The third-order valence-electron chi connectivity index (χ3n) is 4.10. The van der Waals surface area contributed by atoms with Crippen molar-refractivity contribution in [2.45, 2.75) is 23.6 Å². The number of nitrogens with one attached hydrogen (secondary N) is 1. The smallest absolute Gasteiger partial charge is 0.341 e. The lowest BCUT2D eigenvalue weighted by atomic mass is 10.1. The summed E-state index contributed by atoms with van der Waals surface area (Å²) in [5.41, 5.74) is 1.82. The van der Waals surface area contributed by atoms with Crippen LogP contribution in [0, 0.1) is 0 Å². The van der Waals surface area contributed by atoms with Gasteiger partial charge >= 0.3 is 5.76 Å². The van der Waals surface area contributed by atoms with E-state index in [9.17, 15) is 22.0 Å². The van der Waals surface area contributed by atoms with E-state index in [1.54, 1.807) is 17.9 Å².